The summed E-state index contributed by atoms with van der Waals surface area (Å²) in [5.74, 6) is -0.410. The Morgan fingerprint density at radius 1 is 1.17 bits per heavy atom. The van der Waals surface area contributed by atoms with Crippen LogP contribution < -0.4 is 15.0 Å². The highest BCUT2D eigenvalue weighted by atomic mass is 35.5. The van der Waals surface area contributed by atoms with Gasteiger partial charge in [-0.25, -0.2) is 9.67 Å². The van der Waals surface area contributed by atoms with E-state index in [1.807, 2.05) is 6.92 Å². The number of esters is 1. The van der Waals surface area contributed by atoms with Crippen molar-refractivity contribution in [2.24, 2.45) is 12.5 Å². The summed E-state index contributed by atoms with van der Waals surface area (Å²) in [6.45, 7) is 8.58. The maximum absolute atomic E-state index is 13.1. The zero-order valence-corrected chi connectivity index (χ0v) is 21.3. The summed E-state index contributed by atoms with van der Waals surface area (Å²) in [6.07, 6.45) is -3.50. The molecule has 11 heteroatoms. The van der Waals surface area contributed by atoms with E-state index in [0.717, 1.165) is 10.7 Å². The van der Waals surface area contributed by atoms with Gasteiger partial charge in [0, 0.05) is 13.2 Å². The smallest absolute Gasteiger partial charge is 0.417 e. The summed E-state index contributed by atoms with van der Waals surface area (Å²) in [5.41, 5.74) is -0.599. The number of hydrogen-bond donors (Lipinski definition) is 0. The van der Waals surface area contributed by atoms with Crippen molar-refractivity contribution in [1.82, 2.24) is 14.8 Å². The number of ether oxygens (including phenoxy) is 2. The van der Waals surface area contributed by atoms with E-state index in [9.17, 15) is 22.8 Å². The van der Waals surface area contributed by atoms with Crippen molar-refractivity contribution in [3.05, 3.63) is 62.7 Å². The lowest BCUT2D eigenvalue weighted by Crippen LogP contribution is -2.29. The summed E-state index contributed by atoms with van der Waals surface area (Å²) in [5, 5.41) is 3.85. The molecule has 0 radical (unpaired) electrons. The molecule has 2 heterocycles. The lowest BCUT2D eigenvalue weighted by Gasteiger charge is -2.20. The molecule has 36 heavy (non-hydrogen) atoms. The molecule has 0 saturated carbocycles. The Hall–Kier alpha value is -3.40. The largest absolute Gasteiger partial charge is 0.438 e. The average Bonchev–Trinajstić information content (AvgIpc) is 2.77. The Morgan fingerprint density at radius 3 is 2.39 bits per heavy atom. The first-order chi connectivity index (χ1) is 16.6. The highest BCUT2D eigenvalue weighted by Gasteiger charge is 2.32. The van der Waals surface area contributed by atoms with E-state index in [-0.39, 0.29) is 28.0 Å². The number of nitrogens with zero attached hydrogens (tertiary/aromatic N) is 3. The zero-order chi connectivity index (χ0) is 27.0. The third kappa shape index (κ3) is 5.70. The standard InChI is InChI=1S/C25H25ClF3N3O4/c1-7-14-10-16(35-21-18(26)11-15(12-30-21)25(27,28)29)8-9-17(14)19-20(36-23(34)24(3,4)5)13(2)31-32(6)22(19)33/h8-12H,7H2,1-6H3. The summed E-state index contributed by atoms with van der Waals surface area (Å²) in [7, 11) is 1.50. The van der Waals surface area contributed by atoms with Gasteiger partial charge in [-0.1, -0.05) is 24.6 Å². The van der Waals surface area contributed by atoms with E-state index in [2.05, 4.69) is 10.1 Å². The summed E-state index contributed by atoms with van der Waals surface area (Å²) in [4.78, 5) is 29.5. The fourth-order valence-electron chi connectivity index (χ4n) is 3.30. The molecule has 1 aromatic carbocycles. The van der Waals surface area contributed by atoms with E-state index in [1.165, 1.54) is 13.1 Å². The van der Waals surface area contributed by atoms with Gasteiger partial charge in [-0.15, -0.1) is 0 Å². The normalized spacial score (nSPS) is 11.9. The lowest BCUT2D eigenvalue weighted by atomic mass is 9.96. The van der Waals surface area contributed by atoms with Gasteiger partial charge in [0.2, 0.25) is 5.88 Å². The van der Waals surface area contributed by atoms with Gasteiger partial charge in [-0.3, -0.25) is 9.59 Å². The van der Waals surface area contributed by atoms with Gasteiger partial charge in [-0.05, 0) is 63.4 Å². The van der Waals surface area contributed by atoms with Crippen molar-refractivity contribution in [2.75, 3.05) is 0 Å². The number of pyridine rings is 1. The topological polar surface area (TPSA) is 83.3 Å². The van der Waals surface area contributed by atoms with Crippen LogP contribution in [0.15, 0.2) is 35.3 Å². The predicted molar refractivity (Wildman–Crippen MR) is 128 cm³/mol. The van der Waals surface area contributed by atoms with Crippen LogP contribution in [-0.4, -0.2) is 20.7 Å². The lowest BCUT2D eigenvalue weighted by molar-refractivity contribution is -0.143. The minimum absolute atomic E-state index is 0.0637. The number of benzene rings is 1. The van der Waals surface area contributed by atoms with E-state index < -0.39 is 28.7 Å². The summed E-state index contributed by atoms with van der Waals surface area (Å²) >= 11 is 5.96. The average molecular weight is 524 g/mol. The number of hydrogen-bond acceptors (Lipinski definition) is 6. The Morgan fingerprint density at radius 2 is 1.83 bits per heavy atom. The van der Waals surface area contributed by atoms with Crippen molar-refractivity contribution >= 4 is 17.6 Å². The van der Waals surface area contributed by atoms with Gasteiger partial charge in [-0.2, -0.15) is 18.3 Å². The Balaban J connectivity index is 2.08. The number of carbonyl (C=O) groups is 1. The number of alkyl halides is 3. The fourth-order valence-corrected chi connectivity index (χ4v) is 3.51. The van der Waals surface area contributed by atoms with Crippen LogP contribution in [0.4, 0.5) is 13.2 Å². The zero-order valence-electron chi connectivity index (χ0n) is 20.6. The van der Waals surface area contributed by atoms with Crippen molar-refractivity contribution in [3.63, 3.8) is 0 Å². The third-order valence-electron chi connectivity index (χ3n) is 5.25. The fraction of sp³-hybridized carbons (Fsp3) is 0.360. The molecular weight excluding hydrogens is 499 g/mol. The summed E-state index contributed by atoms with van der Waals surface area (Å²) < 4.78 is 51.1. The van der Waals surface area contributed by atoms with Gasteiger partial charge in [0.25, 0.3) is 5.56 Å². The number of halogens is 4. The second-order valence-electron chi connectivity index (χ2n) is 9.14. The van der Waals surface area contributed by atoms with Crippen LogP contribution in [0, 0.1) is 12.3 Å². The summed E-state index contributed by atoms with van der Waals surface area (Å²) in [6, 6.07) is 5.49. The first kappa shape index (κ1) is 27.2. The molecule has 3 aromatic rings. The molecule has 0 atom stereocenters. The van der Waals surface area contributed by atoms with Crippen molar-refractivity contribution in [3.8, 4) is 28.5 Å². The van der Waals surface area contributed by atoms with Crippen molar-refractivity contribution < 1.29 is 27.4 Å². The van der Waals surface area contributed by atoms with Crippen LogP contribution in [-0.2, 0) is 24.4 Å². The van der Waals surface area contributed by atoms with E-state index in [4.69, 9.17) is 21.1 Å². The Labute approximate surface area is 210 Å². The van der Waals surface area contributed by atoms with Crippen LogP contribution in [0.1, 0.15) is 44.5 Å². The van der Waals surface area contributed by atoms with Gasteiger partial charge >= 0.3 is 12.1 Å². The molecule has 0 bridgehead atoms. The van der Waals surface area contributed by atoms with Gasteiger partial charge < -0.3 is 9.47 Å². The second kappa shape index (κ2) is 9.93. The number of rotatable bonds is 5. The molecule has 192 valence electrons. The van der Waals surface area contributed by atoms with Gasteiger partial charge in [0.15, 0.2) is 5.75 Å². The molecule has 0 unspecified atom stereocenters. The second-order valence-corrected chi connectivity index (χ2v) is 9.55. The van der Waals surface area contributed by atoms with Crippen LogP contribution in [0.5, 0.6) is 17.4 Å². The van der Waals surface area contributed by atoms with Crippen LogP contribution in [0.25, 0.3) is 11.1 Å². The molecule has 0 fully saturated rings. The Kier molecular flexibility index (Phi) is 7.50. The molecule has 3 rings (SSSR count). The number of carbonyl (C=O) groups excluding carboxylic acids is 1. The van der Waals surface area contributed by atoms with Gasteiger partial charge in [0.05, 0.1) is 16.5 Å². The van der Waals surface area contributed by atoms with Crippen molar-refractivity contribution in [1.29, 1.82) is 0 Å². The minimum atomic E-state index is -4.59. The molecule has 0 aliphatic rings. The number of aryl methyl sites for hydroxylation is 3. The van der Waals surface area contributed by atoms with Gasteiger partial charge in [0.1, 0.15) is 16.5 Å². The maximum atomic E-state index is 13.1. The molecule has 0 aliphatic carbocycles. The van der Waals surface area contributed by atoms with Crippen LogP contribution in [0.3, 0.4) is 0 Å². The van der Waals surface area contributed by atoms with E-state index >= 15 is 0 Å². The van der Waals surface area contributed by atoms with E-state index in [0.29, 0.717) is 29.4 Å². The molecule has 7 nitrogen and oxygen atoms in total. The van der Waals surface area contributed by atoms with Crippen molar-refractivity contribution in [2.45, 2.75) is 47.2 Å². The molecule has 2 aromatic heterocycles. The molecule has 0 N–H and O–H groups in total. The highest BCUT2D eigenvalue weighted by molar-refractivity contribution is 6.31. The first-order valence-electron chi connectivity index (χ1n) is 11.0. The molecule has 0 saturated heterocycles. The number of aromatic nitrogens is 3. The highest BCUT2D eigenvalue weighted by Crippen LogP contribution is 2.37. The van der Waals surface area contributed by atoms with Crippen LogP contribution >= 0.6 is 11.6 Å². The molecule has 0 aliphatic heterocycles. The third-order valence-corrected chi connectivity index (χ3v) is 5.52. The monoisotopic (exact) mass is 523 g/mol. The predicted octanol–water partition coefficient (Wildman–Crippen LogP) is 6.13. The molecule has 0 amide bonds. The van der Waals surface area contributed by atoms with Crippen LogP contribution in [0.2, 0.25) is 5.02 Å². The van der Waals surface area contributed by atoms with E-state index in [1.54, 1.807) is 39.8 Å². The Bertz CT molecular complexity index is 1380. The quantitative estimate of drug-likeness (QED) is 0.374. The minimum Gasteiger partial charge on any atom is -0.438 e. The molecular formula is C25H25ClF3N3O4. The molecule has 0 spiro atoms. The first-order valence-corrected chi connectivity index (χ1v) is 11.3. The maximum Gasteiger partial charge on any atom is 0.417 e. The SMILES string of the molecule is CCc1cc(Oc2ncc(C(F)(F)F)cc2Cl)ccc1-c1c(OC(=O)C(C)(C)C)c(C)nn(C)c1=O.